The van der Waals surface area contributed by atoms with Crippen molar-refractivity contribution in [1.82, 2.24) is 4.90 Å². The van der Waals surface area contributed by atoms with Gasteiger partial charge >= 0.3 is 6.18 Å². The Labute approximate surface area is 169 Å². The Hall–Kier alpha value is -2.34. The van der Waals surface area contributed by atoms with Crippen LogP contribution in [0.1, 0.15) is 42.0 Å². The van der Waals surface area contributed by atoms with Gasteiger partial charge in [0.2, 0.25) is 5.91 Å². The average molecular weight is 404 g/mol. The third-order valence-corrected chi connectivity index (χ3v) is 5.65. The van der Waals surface area contributed by atoms with E-state index in [0.717, 1.165) is 24.5 Å². The third kappa shape index (κ3) is 4.81. The van der Waals surface area contributed by atoms with Crippen LogP contribution in [-0.4, -0.2) is 30.9 Å². The van der Waals surface area contributed by atoms with Crippen molar-refractivity contribution in [2.24, 2.45) is 5.92 Å². The monoisotopic (exact) mass is 404 g/mol. The second-order valence-corrected chi connectivity index (χ2v) is 7.76. The van der Waals surface area contributed by atoms with Gasteiger partial charge in [0.25, 0.3) is 0 Å². The number of carbonyl (C=O) groups excluding carboxylic acids is 1. The SMILES string of the molecule is CCc1cc(CC)cc([C@H]2CN(C)C[C@@H]2C(=O)Nc2ccccc2C(F)(F)F)c1. The molecule has 1 aliphatic rings. The lowest BCUT2D eigenvalue weighted by Crippen LogP contribution is -2.29. The molecule has 2 atom stereocenters. The van der Waals surface area contributed by atoms with Crippen LogP contribution in [0.3, 0.4) is 0 Å². The minimum atomic E-state index is -4.51. The minimum absolute atomic E-state index is 0.0464. The number of rotatable bonds is 5. The highest BCUT2D eigenvalue weighted by atomic mass is 19.4. The zero-order valence-electron chi connectivity index (χ0n) is 17.0. The molecule has 0 bridgehead atoms. The summed E-state index contributed by atoms with van der Waals surface area (Å²) in [6.07, 6.45) is -2.71. The molecule has 1 heterocycles. The first-order chi connectivity index (χ1) is 13.7. The van der Waals surface area contributed by atoms with Gasteiger partial charge in [-0.1, -0.05) is 44.2 Å². The van der Waals surface area contributed by atoms with Gasteiger partial charge in [0.1, 0.15) is 0 Å². The van der Waals surface area contributed by atoms with Gasteiger partial charge in [-0.15, -0.1) is 0 Å². The summed E-state index contributed by atoms with van der Waals surface area (Å²) in [5.74, 6) is -0.816. The average Bonchev–Trinajstić information content (AvgIpc) is 3.09. The fourth-order valence-electron chi connectivity index (χ4n) is 4.08. The molecule has 0 spiro atoms. The Kier molecular flexibility index (Phi) is 6.32. The van der Waals surface area contributed by atoms with Crippen LogP contribution in [0.4, 0.5) is 18.9 Å². The number of anilines is 1. The van der Waals surface area contributed by atoms with Crippen molar-refractivity contribution in [1.29, 1.82) is 0 Å². The molecule has 1 fully saturated rings. The van der Waals surface area contributed by atoms with E-state index >= 15 is 0 Å². The molecule has 3 rings (SSSR count). The normalized spacial score (nSPS) is 20.1. The summed E-state index contributed by atoms with van der Waals surface area (Å²) in [7, 11) is 1.94. The fourth-order valence-corrected chi connectivity index (χ4v) is 4.08. The van der Waals surface area contributed by atoms with E-state index < -0.39 is 17.7 Å². The van der Waals surface area contributed by atoms with Gasteiger partial charge in [-0.2, -0.15) is 13.2 Å². The van der Waals surface area contributed by atoms with E-state index in [1.54, 1.807) is 0 Å². The number of alkyl halides is 3. The van der Waals surface area contributed by atoms with E-state index in [-0.39, 0.29) is 17.5 Å². The van der Waals surface area contributed by atoms with E-state index in [1.807, 2.05) is 7.05 Å². The van der Waals surface area contributed by atoms with Gasteiger partial charge < -0.3 is 10.2 Å². The summed E-state index contributed by atoms with van der Waals surface area (Å²) in [6.45, 7) is 5.41. The molecule has 156 valence electrons. The first kappa shape index (κ1) is 21.4. The molecule has 3 nitrogen and oxygen atoms in total. The van der Waals surface area contributed by atoms with Crippen molar-refractivity contribution in [3.8, 4) is 0 Å². The maximum absolute atomic E-state index is 13.3. The number of likely N-dealkylation sites (tertiary alicyclic amines) is 1. The number of amides is 1. The topological polar surface area (TPSA) is 32.3 Å². The van der Waals surface area contributed by atoms with E-state index in [2.05, 4.69) is 42.3 Å². The summed E-state index contributed by atoms with van der Waals surface area (Å²) < 4.78 is 39.9. The van der Waals surface area contributed by atoms with E-state index in [0.29, 0.717) is 13.1 Å². The molecule has 0 unspecified atom stereocenters. The fraction of sp³-hybridized carbons (Fsp3) is 0.435. The van der Waals surface area contributed by atoms with E-state index in [9.17, 15) is 18.0 Å². The second kappa shape index (κ2) is 8.57. The van der Waals surface area contributed by atoms with Crippen LogP contribution in [0.25, 0.3) is 0 Å². The summed E-state index contributed by atoms with van der Waals surface area (Å²) in [4.78, 5) is 15.1. The lowest BCUT2D eigenvalue weighted by molar-refractivity contribution is -0.137. The van der Waals surface area contributed by atoms with Crippen molar-refractivity contribution in [3.05, 3.63) is 64.7 Å². The Balaban J connectivity index is 1.89. The zero-order chi connectivity index (χ0) is 21.2. The van der Waals surface area contributed by atoms with Gasteiger partial charge in [0.05, 0.1) is 17.2 Å². The van der Waals surface area contributed by atoms with E-state index in [1.165, 1.54) is 29.3 Å². The predicted octanol–water partition coefficient (Wildman–Crippen LogP) is 5.11. The summed E-state index contributed by atoms with van der Waals surface area (Å²) in [6, 6.07) is 11.6. The minimum Gasteiger partial charge on any atom is -0.325 e. The second-order valence-electron chi connectivity index (χ2n) is 7.76. The standard InChI is InChI=1S/C23H27F3N2O/c1-4-15-10-16(5-2)12-17(11-15)18-13-28(3)14-19(18)22(29)27-21-9-7-6-8-20(21)23(24,25)26/h6-12,18-19H,4-5,13-14H2,1-3H3,(H,27,29)/t18-,19+/m1/s1. The molecule has 0 aromatic heterocycles. The maximum atomic E-state index is 13.3. The highest BCUT2D eigenvalue weighted by Crippen LogP contribution is 2.37. The van der Waals surface area contributed by atoms with Crippen molar-refractivity contribution >= 4 is 11.6 Å². The highest BCUT2D eigenvalue weighted by Gasteiger charge is 2.39. The molecule has 2 aromatic rings. The summed E-state index contributed by atoms with van der Waals surface area (Å²) in [5.41, 5.74) is 2.52. The van der Waals surface area contributed by atoms with Crippen LogP contribution >= 0.6 is 0 Å². The maximum Gasteiger partial charge on any atom is 0.418 e. The quantitative estimate of drug-likeness (QED) is 0.751. The Morgan fingerprint density at radius 1 is 1.07 bits per heavy atom. The van der Waals surface area contributed by atoms with Crippen LogP contribution in [0, 0.1) is 5.92 Å². The number of likely N-dealkylation sites (N-methyl/N-ethyl adjacent to an activating group) is 1. The number of hydrogen-bond donors (Lipinski definition) is 1. The van der Waals surface area contributed by atoms with Crippen LogP contribution in [0.15, 0.2) is 42.5 Å². The van der Waals surface area contributed by atoms with Gasteiger partial charge in [0, 0.05) is 19.0 Å². The largest absolute Gasteiger partial charge is 0.418 e. The molecule has 1 saturated heterocycles. The zero-order valence-corrected chi connectivity index (χ0v) is 17.0. The highest BCUT2D eigenvalue weighted by molar-refractivity contribution is 5.94. The van der Waals surface area contributed by atoms with Gasteiger partial charge in [0.15, 0.2) is 0 Å². The molecule has 2 aromatic carbocycles. The molecule has 1 amide bonds. The van der Waals surface area contributed by atoms with Crippen molar-refractivity contribution in [2.45, 2.75) is 38.8 Å². The third-order valence-electron chi connectivity index (χ3n) is 5.65. The molecule has 0 radical (unpaired) electrons. The van der Waals surface area contributed by atoms with Crippen molar-refractivity contribution < 1.29 is 18.0 Å². The molecular formula is C23H27F3N2O. The number of nitrogens with one attached hydrogen (secondary N) is 1. The van der Waals surface area contributed by atoms with Crippen molar-refractivity contribution in [2.75, 3.05) is 25.5 Å². The number of nitrogens with zero attached hydrogens (tertiary/aromatic N) is 1. The number of hydrogen-bond acceptors (Lipinski definition) is 2. The molecule has 0 aliphatic carbocycles. The number of aryl methyl sites for hydroxylation is 2. The number of benzene rings is 2. The molecule has 29 heavy (non-hydrogen) atoms. The predicted molar refractivity (Wildman–Crippen MR) is 109 cm³/mol. The first-order valence-electron chi connectivity index (χ1n) is 10.0. The Morgan fingerprint density at radius 3 is 2.28 bits per heavy atom. The number of para-hydroxylation sites is 1. The van der Waals surface area contributed by atoms with Crippen molar-refractivity contribution in [3.63, 3.8) is 0 Å². The number of carbonyl (C=O) groups is 1. The van der Waals surface area contributed by atoms with Gasteiger partial charge in [-0.3, -0.25) is 4.79 Å². The van der Waals surface area contributed by atoms with Crippen LogP contribution in [-0.2, 0) is 23.8 Å². The summed E-state index contributed by atoms with van der Waals surface area (Å²) >= 11 is 0. The molecule has 6 heteroatoms. The lowest BCUT2D eigenvalue weighted by atomic mass is 9.86. The lowest BCUT2D eigenvalue weighted by Gasteiger charge is -2.21. The van der Waals surface area contributed by atoms with Crippen LogP contribution in [0.5, 0.6) is 0 Å². The molecule has 0 saturated carbocycles. The van der Waals surface area contributed by atoms with Crippen LogP contribution < -0.4 is 5.32 Å². The van der Waals surface area contributed by atoms with Gasteiger partial charge in [-0.25, -0.2) is 0 Å². The van der Waals surface area contributed by atoms with Crippen LogP contribution in [0.2, 0.25) is 0 Å². The molecular weight excluding hydrogens is 377 g/mol. The summed E-state index contributed by atoms with van der Waals surface area (Å²) in [5, 5.41) is 2.55. The smallest absolute Gasteiger partial charge is 0.325 e. The first-order valence-corrected chi connectivity index (χ1v) is 10.0. The molecule has 1 aliphatic heterocycles. The molecule has 1 N–H and O–H groups in total. The Bertz CT molecular complexity index is 856. The van der Waals surface area contributed by atoms with E-state index in [4.69, 9.17) is 0 Å². The Morgan fingerprint density at radius 2 is 1.69 bits per heavy atom. The number of halogens is 3. The van der Waals surface area contributed by atoms with Gasteiger partial charge in [-0.05, 0) is 48.7 Å².